The minimum atomic E-state index is 0.237. The molecule has 1 fully saturated rings. The fraction of sp³-hybridized carbons (Fsp3) is 0.714. The third kappa shape index (κ3) is 2.97. The maximum Gasteiger partial charge on any atom is 0.137 e. The van der Waals surface area contributed by atoms with Gasteiger partial charge in [-0.2, -0.15) is 0 Å². The Morgan fingerprint density at radius 2 is 1.89 bits per heavy atom. The minimum Gasteiger partial charge on any atom is -0.373 e. The summed E-state index contributed by atoms with van der Waals surface area (Å²) in [5.74, 6) is 2.85. The molecule has 0 spiro atoms. The number of anilines is 2. The molecule has 1 aromatic rings. The van der Waals surface area contributed by atoms with Gasteiger partial charge in [-0.05, 0) is 20.8 Å². The van der Waals surface area contributed by atoms with E-state index in [1.54, 1.807) is 0 Å². The molecular formula is C14H24N4O. The number of rotatable bonds is 3. The van der Waals surface area contributed by atoms with E-state index in [0.717, 1.165) is 42.5 Å². The minimum absolute atomic E-state index is 0.237. The Morgan fingerprint density at radius 1 is 1.26 bits per heavy atom. The second-order valence-corrected chi connectivity index (χ2v) is 5.20. The first-order chi connectivity index (χ1) is 9.05. The lowest BCUT2D eigenvalue weighted by Crippen LogP contribution is -2.46. The monoisotopic (exact) mass is 264 g/mol. The zero-order chi connectivity index (χ0) is 14.0. The molecule has 2 unspecified atom stereocenters. The van der Waals surface area contributed by atoms with Gasteiger partial charge in [-0.15, -0.1) is 0 Å². The highest BCUT2D eigenvalue weighted by Crippen LogP contribution is 2.26. The predicted molar refractivity (Wildman–Crippen MR) is 77.9 cm³/mol. The fourth-order valence-electron chi connectivity index (χ4n) is 2.61. The summed E-state index contributed by atoms with van der Waals surface area (Å²) in [5.41, 5.74) is 1.11. The number of ether oxygens (including phenoxy) is 1. The zero-order valence-corrected chi connectivity index (χ0v) is 12.5. The summed E-state index contributed by atoms with van der Waals surface area (Å²) in [4.78, 5) is 11.5. The molecule has 5 heteroatoms. The molecule has 5 nitrogen and oxygen atoms in total. The molecule has 2 heterocycles. The number of hydrogen-bond acceptors (Lipinski definition) is 5. The molecule has 2 rings (SSSR count). The molecule has 106 valence electrons. The van der Waals surface area contributed by atoms with E-state index < -0.39 is 0 Å². The van der Waals surface area contributed by atoms with Crippen LogP contribution >= 0.6 is 0 Å². The Bertz CT molecular complexity index is 439. The molecular weight excluding hydrogens is 240 g/mol. The van der Waals surface area contributed by atoms with Gasteiger partial charge in [0.1, 0.15) is 17.5 Å². The number of aryl methyl sites for hydroxylation is 1. The van der Waals surface area contributed by atoms with Crippen LogP contribution in [-0.2, 0) is 11.2 Å². The number of nitrogens with zero attached hydrogens (tertiary/aromatic N) is 3. The molecule has 0 aliphatic carbocycles. The predicted octanol–water partition coefficient (Wildman–Crippen LogP) is 2.00. The second-order valence-electron chi connectivity index (χ2n) is 5.20. The van der Waals surface area contributed by atoms with Crippen molar-refractivity contribution < 1.29 is 4.74 Å². The smallest absolute Gasteiger partial charge is 0.137 e. The van der Waals surface area contributed by atoms with Gasteiger partial charge in [0.15, 0.2) is 0 Å². The summed E-state index contributed by atoms with van der Waals surface area (Å²) in [6.07, 6.45) is 1.32. The van der Waals surface area contributed by atoms with Crippen LogP contribution < -0.4 is 10.2 Å². The molecule has 0 saturated carbocycles. The number of nitrogens with one attached hydrogen (secondary N) is 1. The van der Waals surface area contributed by atoms with E-state index in [-0.39, 0.29) is 12.2 Å². The Balaban J connectivity index is 2.37. The zero-order valence-electron chi connectivity index (χ0n) is 12.5. The number of hydrogen-bond donors (Lipinski definition) is 1. The van der Waals surface area contributed by atoms with Gasteiger partial charge in [-0.1, -0.05) is 6.92 Å². The number of aromatic nitrogens is 2. The fourth-order valence-corrected chi connectivity index (χ4v) is 2.61. The van der Waals surface area contributed by atoms with E-state index in [1.165, 1.54) is 0 Å². The van der Waals surface area contributed by atoms with Gasteiger partial charge >= 0.3 is 0 Å². The summed E-state index contributed by atoms with van der Waals surface area (Å²) in [6.45, 7) is 10.1. The average molecular weight is 264 g/mol. The van der Waals surface area contributed by atoms with Crippen molar-refractivity contribution in [1.29, 1.82) is 0 Å². The van der Waals surface area contributed by atoms with Gasteiger partial charge in [-0.25, -0.2) is 9.97 Å². The summed E-state index contributed by atoms with van der Waals surface area (Å²) < 4.78 is 5.79. The molecule has 0 bridgehead atoms. The van der Waals surface area contributed by atoms with Gasteiger partial charge in [0.2, 0.25) is 0 Å². The molecule has 19 heavy (non-hydrogen) atoms. The van der Waals surface area contributed by atoms with Crippen LogP contribution in [-0.4, -0.2) is 42.3 Å². The normalized spacial score (nSPS) is 23.5. The van der Waals surface area contributed by atoms with Crippen molar-refractivity contribution in [2.24, 2.45) is 0 Å². The standard InChI is InChI=1S/C14H24N4O/c1-6-12-16-13(15-5)11(4)14(17-12)18-7-9(2)19-10(3)8-18/h9-10H,6-8H2,1-5H3,(H,15,16,17). The molecule has 1 saturated heterocycles. The highest BCUT2D eigenvalue weighted by Gasteiger charge is 2.25. The summed E-state index contributed by atoms with van der Waals surface area (Å²) in [7, 11) is 1.91. The van der Waals surface area contributed by atoms with Gasteiger partial charge in [0.05, 0.1) is 12.2 Å². The summed E-state index contributed by atoms with van der Waals surface area (Å²) in [6, 6.07) is 0. The first-order valence-corrected chi connectivity index (χ1v) is 7.00. The van der Waals surface area contributed by atoms with E-state index in [4.69, 9.17) is 9.72 Å². The van der Waals surface area contributed by atoms with E-state index in [9.17, 15) is 0 Å². The van der Waals surface area contributed by atoms with Crippen LogP contribution in [0.25, 0.3) is 0 Å². The van der Waals surface area contributed by atoms with Gasteiger partial charge in [-0.3, -0.25) is 0 Å². The highest BCUT2D eigenvalue weighted by atomic mass is 16.5. The van der Waals surface area contributed by atoms with Crippen molar-refractivity contribution in [1.82, 2.24) is 9.97 Å². The summed E-state index contributed by atoms with van der Waals surface area (Å²) >= 11 is 0. The van der Waals surface area contributed by atoms with Gasteiger partial charge < -0.3 is 15.0 Å². The van der Waals surface area contributed by atoms with Crippen molar-refractivity contribution in [2.75, 3.05) is 30.4 Å². The quantitative estimate of drug-likeness (QED) is 0.905. The SMILES string of the molecule is CCc1nc(NC)c(C)c(N2CC(C)OC(C)C2)n1. The lowest BCUT2D eigenvalue weighted by atomic mass is 10.2. The average Bonchev–Trinajstić information content (AvgIpc) is 2.37. The largest absolute Gasteiger partial charge is 0.373 e. The van der Waals surface area contributed by atoms with E-state index in [0.29, 0.717) is 0 Å². The van der Waals surface area contributed by atoms with Crippen molar-refractivity contribution in [2.45, 2.75) is 46.3 Å². The van der Waals surface area contributed by atoms with Crippen LogP contribution in [0.3, 0.4) is 0 Å². The molecule has 1 aliphatic rings. The van der Waals surface area contributed by atoms with Crippen LogP contribution in [0.4, 0.5) is 11.6 Å². The van der Waals surface area contributed by atoms with E-state index in [2.05, 4.69) is 42.9 Å². The molecule has 0 amide bonds. The molecule has 0 aromatic carbocycles. The topological polar surface area (TPSA) is 50.3 Å². The third-order valence-corrected chi connectivity index (χ3v) is 3.44. The van der Waals surface area contributed by atoms with Crippen molar-refractivity contribution >= 4 is 11.6 Å². The molecule has 1 N–H and O–H groups in total. The van der Waals surface area contributed by atoms with Crippen LogP contribution in [0, 0.1) is 6.92 Å². The van der Waals surface area contributed by atoms with Crippen LogP contribution in [0.2, 0.25) is 0 Å². The Hall–Kier alpha value is -1.36. The van der Waals surface area contributed by atoms with Crippen molar-refractivity contribution in [3.63, 3.8) is 0 Å². The molecule has 1 aromatic heterocycles. The molecule has 1 aliphatic heterocycles. The lowest BCUT2D eigenvalue weighted by molar-refractivity contribution is -0.00550. The van der Waals surface area contributed by atoms with Crippen LogP contribution in [0.15, 0.2) is 0 Å². The first-order valence-electron chi connectivity index (χ1n) is 7.00. The van der Waals surface area contributed by atoms with E-state index >= 15 is 0 Å². The van der Waals surface area contributed by atoms with Gasteiger partial charge in [0.25, 0.3) is 0 Å². The Kier molecular flexibility index (Phi) is 4.24. The highest BCUT2D eigenvalue weighted by molar-refractivity contribution is 5.58. The second kappa shape index (κ2) is 5.74. The lowest BCUT2D eigenvalue weighted by Gasteiger charge is -2.37. The maximum atomic E-state index is 5.79. The van der Waals surface area contributed by atoms with Crippen LogP contribution in [0.1, 0.15) is 32.2 Å². The maximum absolute atomic E-state index is 5.79. The Labute approximate surface area is 115 Å². The molecule has 2 atom stereocenters. The van der Waals surface area contributed by atoms with Gasteiger partial charge in [0, 0.05) is 32.1 Å². The molecule has 0 radical (unpaired) electrons. The van der Waals surface area contributed by atoms with Crippen molar-refractivity contribution in [3.05, 3.63) is 11.4 Å². The van der Waals surface area contributed by atoms with E-state index in [1.807, 2.05) is 7.05 Å². The summed E-state index contributed by atoms with van der Waals surface area (Å²) in [5, 5.41) is 3.16. The first kappa shape index (κ1) is 14.1. The number of morpholine rings is 1. The Morgan fingerprint density at radius 3 is 2.42 bits per heavy atom. The van der Waals surface area contributed by atoms with Crippen LogP contribution in [0.5, 0.6) is 0 Å². The van der Waals surface area contributed by atoms with Crippen molar-refractivity contribution in [3.8, 4) is 0 Å². The third-order valence-electron chi connectivity index (χ3n) is 3.44.